The predicted molar refractivity (Wildman–Crippen MR) is 96.9 cm³/mol. The number of hydrogen-bond acceptors (Lipinski definition) is 10. The number of nitrogens with zero attached hydrogens (tertiary/aromatic N) is 4. The average Bonchev–Trinajstić information content (AvgIpc) is 3.22. The van der Waals surface area contributed by atoms with Crippen LogP contribution in [0.1, 0.15) is 26.5 Å². The Bertz CT molecular complexity index is 983. The quantitative estimate of drug-likeness (QED) is 0.646. The molecule has 0 aromatic carbocycles. The van der Waals surface area contributed by atoms with Crippen LogP contribution in [0.2, 0.25) is 0 Å². The topological polar surface area (TPSA) is 162 Å². The third-order valence-corrected chi connectivity index (χ3v) is 4.63. The third kappa shape index (κ3) is 3.48. The molecule has 0 spiro atoms. The first-order valence-corrected chi connectivity index (χ1v) is 8.91. The zero-order valence-corrected chi connectivity index (χ0v) is 16.1. The fourth-order valence-electron chi connectivity index (χ4n) is 3.14. The van der Waals surface area contributed by atoms with E-state index in [1.165, 1.54) is 23.8 Å². The molecule has 1 saturated heterocycles. The Kier molecular flexibility index (Phi) is 5.41. The number of hydrogen-bond donors (Lipinski definition) is 2. The molecule has 1 aliphatic heterocycles. The monoisotopic (exact) mass is 403 g/mol. The van der Waals surface area contributed by atoms with E-state index in [1.807, 2.05) is 6.07 Å². The van der Waals surface area contributed by atoms with Crippen LogP contribution in [0.4, 0.5) is 5.82 Å². The summed E-state index contributed by atoms with van der Waals surface area (Å²) in [4.78, 5) is 27.3. The lowest BCUT2D eigenvalue weighted by molar-refractivity contribution is -0.162. The summed E-state index contributed by atoms with van der Waals surface area (Å²) in [6.45, 7) is 4.15. The van der Waals surface area contributed by atoms with Gasteiger partial charge in [-0.25, -0.2) is 9.50 Å². The van der Waals surface area contributed by atoms with Gasteiger partial charge >= 0.3 is 11.9 Å². The van der Waals surface area contributed by atoms with Crippen LogP contribution in [0.3, 0.4) is 0 Å². The number of aliphatic hydroxyl groups is 1. The minimum atomic E-state index is -1.94. The molecule has 3 rings (SSSR count). The maximum atomic E-state index is 12.1. The van der Waals surface area contributed by atoms with Gasteiger partial charge in [-0.1, -0.05) is 13.8 Å². The van der Waals surface area contributed by atoms with Gasteiger partial charge in [-0.05, 0) is 12.1 Å². The molecular weight excluding hydrogens is 382 g/mol. The van der Waals surface area contributed by atoms with E-state index in [-0.39, 0.29) is 18.1 Å². The van der Waals surface area contributed by atoms with Crippen molar-refractivity contribution in [2.45, 2.75) is 44.7 Å². The number of nitrogens with two attached hydrogens (primary N) is 1. The van der Waals surface area contributed by atoms with Gasteiger partial charge in [-0.2, -0.15) is 10.4 Å². The highest BCUT2D eigenvalue weighted by Crippen LogP contribution is 2.41. The van der Waals surface area contributed by atoms with E-state index < -0.39 is 41.8 Å². The molecule has 2 aromatic heterocycles. The minimum absolute atomic E-state index is 0.172. The van der Waals surface area contributed by atoms with E-state index in [4.69, 9.17) is 19.9 Å². The first-order valence-electron chi connectivity index (χ1n) is 8.91. The maximum absolute atomic E-state index is 12.1. The van der Waals surface area contributed by atoms with Crippen LogP contribution >= 0.6 is 0 Å². The molecule has 0 saturated carbocycles. The molecule has 3 heterocycles. The molecule has 0 unspecified atom stereocenters. The molecule has 0 bridgehead atoms. The summed E-state index contributed by atoms with van der Waals surface area (Å²) in [5.74, 6) is -1.48. The number of anilines is 1. The normalized spacial score (nSPS) is 26.4. The Morgan fingerprint density at radius 3 is 2.83 bits per heavy atom. The van der Waals surface area contributed by atoms with Gasteiger partial charge in [-0.15, -0.1) is 0 Å². The zero-order valence-electron chi connectivity index (χ0n) is 16.1. The lowest BCUT2D eigenvalue weighted by Gasteiger charge is -2.25. The number of esters is 2. The first kappa shape index (κ1) is 20.5. The SMILES string of the molecule is CC(=O)OC[C@H]1O[C@@](C#N)(c2ccc3c(N)ncnn23)[C@H](O)[C@@H]1OC(=O)C(C)C. The second-order valence-corrected chi connectivity index (χ2v) is 6.97. The predicted octanol–water partition coefficient (Wildman–Crippen LogP) is -0.0790. The van der Waals surface area contributed by atoms with Crippen molar-refractivity contribution in [2.75, 3.05) is 12.3 Å². The Morgan fingerprint density at radius 2 is 2.21 bits per heavy atom. The number of fused-ring (bicyclic) bond motifs is 1. The number of nitrogen functional groups attached to an aromatic ring is 1. The van der Waals surface area contributed by atoms with Crippen LogP contribution in [-0.4, -0.2) is 56.6 Å². The number of rotatable bonds is 5. The van der Waals surface area contributed by atoms with Crippen LogP contribution in [0.5, 0.6) is 0 Å². The highest BCUT2D eigenvalue weighted by Gasteiger charge is 2.60. The molecule has 3 N–H and O–H groups in total. The van der Waals surface area contributed by atoms with Crippen molar-refractivity contribution in [2.24, 2.45) is 5.92 Å². The van der Waals surface area contributed by atoms with Crippen LogP contribution in [0.15, 0.2) is 18.5 Å². The highest BCUT2D eigenvalue weighted by molar-refractivity contribution is 5.72. The Labute approximate surface area is 166 Å². The summed E-state index contributed by atoms with van der Waals surface area (Å²) in [7, 11) is 0. The lowest BCUT2D eigenvalue weighted by atomic mass is 9.92. The van der Waals surface area contributed by atoms with Crippen molar-refractivity contribution >= 4 is 23.3 Å². The van der Waals surface area contributed by atoms with Gasteiger partial charge in [0.1, 0.15) is 36.7 Å². The Hall–Kier alpha value is -3.23. The van der Waals surface area contributed by atoms with E-state index in [2.05, 4.69) is 10.1 Å². The smallest absolute Gasteiger partial charge is 0.308 e. The second kappa shape index (κ2) is 7.65. The summed E-state index contributed by atoms with van der Waals surface area (Å²) < 4.78 is 17.6. The molecule has 11 nitrogen and oxygen atoms in total. The van der Waals surface area contributed by atoms with Crippen LogP contribution in [0.25, 0.3) is 5.52 Å². The summed E-state index contributed by atoms with van der Waals surface area (Å²) in [6.07, 6.45) is -2.69. The van der Waals surface area contributed by atoms with Gasteiger partial charge < -0.3 is 25.1 Å². The third-order valence-electron chi connectivity index (χ3n) is 4.63. The zero-order chi connectivity index (χ0) is 21.3. The summed E-state index contributed by atoms with van der Waals surface area (Å²) in [5.41, 5.74) is 4.48. The van der Waals surface area contributed by atoms with Crippen LogP contribution in [-0.2, 0) is 29.4 Å². The van der Waals surface area contributed by atoms with Gasteiger partial charge in [0.25, 0.3) is 0 Å². The summed E-state index contributed by atoms with van der Waals surface area (Å²) >= 11 is 0. The lowest BCUT2D eigenvalue weighted by Crippen LogP contribution is -2.43. The van der Waals surface area contributed by atoms with Gasteiger partial charge in [0.2, 0.25) is 5.60 Å². The molecule has 154 valence electrons. The average molecular weight is 403 g/mol. The molecule has 11 heteroatoms. The minimum Gasteiger partial charge on any atom is -0.463 e. The number of aromatic nitrogens is 3. The maximum Gasteiger partial charge on any atom is 0.308 e. The summed E-state index contributed by atoms with van der Waals surface area (Å²) in [6, 6.07) is 5.06. The van der Waals surface area contributed by atoms with E-state index in [0.29, 0.717) is 5.52 Å². The van der Waals surface area contributed by atoms with E-state index in [1.54, 1.807) is 19.9 Å². The van der Waals surface area contributed by atoms with Gasteiger partial charge in [0, 0.05) is 6.92 Å². The second-order valence-electron chi connectivity index (χ2n) is 6.97. The highest BCUT2D eigenvalue weighted by atomic mass is 16.6. The van der Waals surface area contributed by atoms with Gasteiger partial charge in [0.05, 0.1) is 11.6 Å². The number of nitriles is 1. The van der Waals surface area contributed by atoms with Crippen LogP contribution in [0, 0.1) is 17.2 Å². The number of carbonyl (C=O) groups excluding carboxylic acids is 2. The van der Waals surface area contributed by atoms with Crippen LogP contribution < -0.4 is 5.73 Å². The van der Waals surface area contributed by atoms with E-state index >= 15 is 0 Å². The molecule has 0 radical (unpaired) electrons. The number of aliphatic hydroxyl groups excluding tert-OH is 1. The molecule has 1 fully saturated rings. The van der Waals surface area contributed by atoms with Gasteiger partial charge in [0.15, 0.2) is 11.9 Å². The fourth-order valence-corrected chi connectivity index (χ4v) is 3.14. The standard InChI is InChI=1S/C18H21N5O6/c1-9(2)17(26)28-14-12(6-27-10(3)24)29-18(7-19,15(14)25)13-5-4-11-16(20)21-8-22-23(11)13/h4-5,8-9,12,14-15,25H,6H2,1-3H3,(H2,20,21,22)/t12-,14-,15-,18+/m1/s1. The first-order chi connectivity index (χ1) is 13.7. The van der Waals surface area contributed by atoms with E-state index in [0.717, 1.165) is 0 Å². The van der Waals surface area contributed by atoms with Crippen molar-refractivity contribution in [3.8, 4) is 6.07 Å². The van der Waals surface area contributed by atoms with Crippen molar-refractivity contribution in [3.63, 3.8) is 0 Å². The Balaban J connectivity index is 2.05. The molecule has 1 aliphatic rings. The van der Waals surface area contributed by atoms with Crippen molar-refractivity contribution in [1.82, 2.24) is 14.6 Å². The molecular formula is C18H21N5O6. The largest absolute Gasteiger partial charge is 0.463 e. The molecule has 29 heavy (non-hydrogen) atoms. The molecule has 0 aliphatic carbocycles. The van der Waals surface area contributed by atoms with Crippen molar-refractivity contribution in [3.05, 3.63) is 24.2 Å². The van der Waals surface area contributed by atoms with Crippen molar-refractivity contribution < 1.29 is 28.9 Å². The molecule has 0 amide bonds. The number of ether oxygens (including phenoxy) is 3. The number of carbonyl (C=O) groups is 2. The van der Waals surface area contributed by atoms with Gasteiger partial charge in [-0.3, -0.25) is 9.59 Å². The summed E-state index contributed by atoms with van der Waals surface area (Å²) in [5, 5.41) is 25.1. The fraction of sp³-hybridized carbons (Fsp3) is 0.500. The molecule has 2 aromatic rings. The van der Waals surface area contributed by atoms with E-state index in [9.17, 15) is 20.0 Å². The van der Waals surface area contributed by atoms with Crippen molar-refractivity contribution in [1.29, 1.82) is 5.26 Å². The molecule has 4 atom stereocenters. The Morgan fingerprint density at radius 1 is 1.48 bits per heavy atom.